The summed E-state index contributed by atoms with van der Waals surface area (Å²) in [5, 5.41) is 3.18. The van der Waals surface area contributed by atoms with Crippen molar-refractivity contribution in [2.75, 3.05) is 42.9 Å². The number of piperidine rings is 1. The van der Waals surface area contributed by atoms with Crippen molar-refractivity contribution in [2.45, 2.75) is 33.1 Å². The standard InChI is InChI=1S/C25H32N4O2/c1-3-27(4-2)25(31)28-16-13-20(14-17-28)24(30)26-21-10-6-8-12-23(21)29-18-15-19-9-5-7-11-22(19)29/h5-12,20H,3-4,13-18H2,1-2H3,(H,26,30). The van der Waals surface area contributed by atoms with Gasteiger partial charge < -0.3 is 20.0 Å². The molecule has 1 fully saturated rings. The smallest absolute Gasteiger partial charge is 0.319 e. The number of carbonyl (C=O) groups excluding carboxylic acids is 2. The summed E-state index contributed by atoms with van der Waals surface area (Å²) in [7, 11) is 0. The lowest BCUT2D eigenvalue weighted by Crippen LogP contribution is -2.47. The molecule has 0 bridgehead atoms. The third kappa shape index (κ3) is 4.38. The van der Waals surface area contributed by atoms with Crippen LogP contribution in [0.1, 0.15) is 32.3 Å². The van der Waals surface area contributed by atoms with Crippen LogP contribution in [-0.2, 0) is 11.2 Å². The maximum absolute atomic E-state index is 13.1. The number of urea groups is 1. The summed E-state index contributed by atoms with van der Waals surface area (Å²) >= 11 is 0. The van der Waals surface area contributed by atoms with E-state index in [-0.39, 0.29) is 17.9 Å². The van der Waals surface area contributed by atoms with Gasteiger partial charge in [-0.05, 0) is 56.9 Å². The number of carbonyl (C=O) groups is 2. The minimum atomic E-state index is -0.0697. The summed E-state index contributed by atoms with van der Waals surface area (Å²) in [4.78, 5) is 31.6. The lowest BCUT2D eigenvalue weighted by molar-refractivity contribution is -0.121. The lowest BCUT2D eigenvalue weighted by atomic mass is 9.96. The van der Waals surface area contributed by atoms with Crippen LogP contribution in [0.25, 0.3) is 0 Å². The average molecular weight is 421 g/mol. The first-order valence-electron chi connectivity index (χ1n) is 11.4. The molecule has 0 unspecified atom stereocenters. The molecule has 0 spiro atoms. The Balaban J connectivity index is 1.41. The Morgan fingerprint density at radius 3 is 2.29 bits per heavy atom. The second-order valence-corrected chi connectivity index (χ2v) is 8.25. The van der Waals surface area contributed by atoms with Crippen molar-refractivity contribution >= 4 is 29.0 Å². The molecular weight excluding hydrogens is 388 g/mol. The Bertz CT molecular complexity index is 933. The summed E-state index contributed by atoms with van der Waals surface area (Å²) in [6.07, 6.45) is 2.42. The van der Waals surface area contributed by atoms with E-state index in [4.69, 9.17) is 0 Å². The van der Waals surface area contributed by atoms with E-state index in [2.05, 4.69) is 40.5 Å². The fraction of sp³-hybridized carbons (Fsp3) is 0.440. The number of hydrogen-bond donors (Lipinski definition) is 1. The highest BCUT2D eigenvalue weighted by atomic mass is 16.2. The molecule has 0 saturated carbocycles. The molecular formula is C25H32N4O2. The molecule has 0 aromatic heterocycles. The molecule has 0 aliphatic carbocycles. The van der Waals surface area contributed by atoms with Crippen LogP contribution in [-0.4, -0.2) is 54.5 Å². The van der Waals surface area contributed by atoms with Gasteiger partial charge in [-0.2, -0.15) is 0 Å². The fourth-order valence-corrected chi connectivity index (χ4v) is 4.67. The molecule has 2 aliphatic rings. The second kappa shape index (κ2) is 9.41. The Morgan fingerprint density at radius 1 is 0.935 bits per heavy atom. The van der Waals surface area contributed by atoms with Crippen LogP contribution < -0.4 is 10.2 Å². The molecule has 2 heterocycles. The Labute approximate surface area is 184 Å². The molecule has 6 heteroatoms. The molecule has 2 aliphatic heterocycles. The van der Waals surface area contributed by atoms with E-state index in [9.17, 15) is 9.59 Å². The molecule has 0 atom stereocenters. The van der Waals surface area contributed by atoms with Crippen molar-refractivity contribution in [1.82, 2.24) is 9.80 Å². The molecule has 2 aromatic rings. The summed E-state index contributed by atoms with van der Waals surface area (Å²) in [5.41, 5.74) is 4.45. The van der Waals surface area contributed by atoms with Gasteiger partial charge >= 0.3 is 6.03 Å². The first-order valence-corrected chi connectivity index (χ1v) is 11.4. The summed E-state index contributed by atoms with van der Waals surface area (Å²) in [6.45, 7) is 7.61. The molecule has 1 saturated heterocycles. The maximum atomic E-state index is 13.1. The van der Waals surface area contributed by atoms with Crippen LogP contribution in [0.4, 0.5) is 21.9 Å². The van der Waals surface area contributed by atoms with E-state index in [1.165, 1.54) is 11.3 Å². The third-order valence-corrected chi connectivity index (χ3v) is 6.51. The van der Waals surface area contributed by atoms with E-state index < -0.39 is 0 Å². The van der Waals surface area contributed by atoms with Crippen molar-refractivity contribution in [1.29, 1.82) is 0 Å². The summed E-state index contributed by atoms with van der Waals surface area (Å²) < 4.78 is 0. The zero-order chi connectivity index (χ0) is 21.8. The highest BCUT2D eigenvalue weighted by Gasteiger charge is 2.30. The molecule has 6 nitrogen and oxygen atoms in total. The molecule has 31 heavy (non-hydrogen) atoms. The van der Waals surface area contributed by atoms with Gasteiger partial charge in [0.05, 0.1) is 11.4 Å². The van der Waals surface area contributed by atoms with Crippen molar-refractivity contribution in [3.63, 3.8) is 0 Å². The van der Waals surface area contributed by atoms with E-state index in [1.54, 1.807) is 0 Å². The quantitative estimate of drug-likeness (QED) is 0.775. The largest absolute Gasteiger partial charge is 0.339 e. The zero-order valence-corrected chi connectivity index (χ0v) is 18.5. The normalized spacial score (nSPS) is 16.2. The summed E-state index contributed by atoms with van der Waals surface area (Å²) in [6, 6.07) is 16.6. The number of para-hydroxylation sites is 3. The lowest BCUT2D eigenvalue weighted by Gasteiger charge is -2.35. The SMILES string of the molecule is CCN(CC)C(=O)N1CCC(C(=O)Nc2ccccc2N2CCc3ccccc32)CC1. The minimum absolute atomic E-state index is 0.0508. The number of hydrogen-bond acceptors (Lipinski definition) is 3. The first kappa shape index (κ1) is 21.2. The van der Waals surface area contributed by atoms with Crippen LogP contribution in [0, 0.1) is 5.92 Å². The van der Waals surface area contributed by atoms with Gasteiger partial charge in [-0.25, -0.2) is 4.79 Å². The summed E-state index contributed by atoms with van der Waals surface area (Å²) in [5.74, 6) is -0.0189. The maximum Gasteiger partial charge on any atom is 0.319 e. The fourth-order valence-electron chi connectivity index (χ4n) is 4.67. The highest BCUT2D eigenvalue weighted by molar-refractivity contribution is 5.97. The van der Waals surface area contributed by atoms with E-state index >= 15 is 0 Å². The van der Waals surface area contributed by atoms with Crippen LogP contribution in [0.5, 0.6) is 0 Å². The minimum Gasteiger partial charge on any atom is -0.339 e. The number of anilines is 3. The number of nitrogens with zero attached hydrogens (tertiary/aromatic N) is 3. The number of likely N-dealkylation sites (tertiary alicyclic amines) is 1. The van der Waals surface area contributed by atoms with Crippen molar-refractivity contribution in [2.24, 2.45) is 5.92 Å². The van der Waals surface area contributed by atoms with Gasteiger partial charge in [0.2, 0.25) is 5.91 Å². The van der Waals surface area contributed by atoms with Crippen molar-refractivity contribution in [3.8, 4) is 0 Å². The highest BCUT2D eigenvalue weighted by Crippen LogP contribution is 2.38. The number of fused-ring (bicyclic) bond motifs is 1. The van der Waals surface area contributed by atoms with Gasteiger partial charge in [0.1, 0.15) is 0 Å². The predicted molar refractivity (Wildman–Crippen MR) is 125 cm³/mol. The van der Waals surface area contributed by atoms with Gasteiger partial charge in [-0.15, -0.1) is 0 Å². The van der Waals surface area contributed by atoms with E-state index in [0.717, 1.165) is 24.3 Å². The van der Waals surface area contributed by atoms with E-state index in [0.29, 0.717) is 39.0 Å². The topological polar surface area (TPSA) is 55.9 Å². The Hall–Kier alpha value is -3.02. The molecule has 3 amide bonds. The zero-order valence-electron chi connectivity index (χ0n) is 18.5. The van der Waals surface area contributed by atoms with Gasteiger partial charge in [0.15, 0.2) is 0 Å². The first-order chi connectivity index (χ1) is 15.1. The van der Waals surface area contributed by atoms with Gasteiger partial charge in [0.25, 0.3) is 0 Å². The number of amides is 3. The van der Waals surface area contributed by atoms with Crippen LogP contribution in [0.15, 0.2) is 48.5 Å². The van der Waals surface area contributed by atoms with Crippen molar-refractivity contribution < 1.29 is 9.59 Å². The monoisotopic (exact) mass is 420 g/mol. The number of benzene rings is 2. The molecule has 0 radical (unpaired) electrons. The molecule has 4 rings (SSSR count). The van der Waals surface area contributed by atoms with Gasteiger partial charge in [-0.3, -0.25) is 4.79 Å². The number of nitrogens with one attached hydrogen (secondary N) is 1. The van der Waals surface area contributed by atoms with Crippen LogP contribution in [0.2, 0.25) is 0 Å². The van der Waals surface area contributed by atoms with Gasteiger partial charge in [0, 0.05) is 44.3 Å². The third-order valence-electron chi connectivity index (χ3n) is 6.51. The van der Waals surface area contributed by atoms with Crippen LogP contribution in [0.3, 0.4) is 0 Å². The molecule has 1 N–H and O–H groups in total. The van der Waals surface area contributed by atoms with Gasteiger partial charge in [-0.1, -0.05) is 30.3 Å². The van der Waals surface area contributed by atoms with E-state index in [1.807, 2.05) is 41.8 Å². The average Bonchev–Trinajstić information content (AvgIpc) is 3.24. The Morgan fingerprint density at radius 2 is 1.58 bits per heavy atom. The Kier molecular flexibility index (Phi) is 6.44. The van der Waals surface area contributed by atoms with Crippen LogP contribution >= 0.6 is 0 Å². The molecule has 2 aromatic carbocycles. The van der Waals surface area contributed by atoms with Crippen molar-refractivity contribution in [3.05, 3.63) is 54.1 Å². The second-order valence-electron chi connectivity index (χ2n) is 8.25. The molecule has 164 valence electrons. The number of rotatable bonds is 5. The predicted octanol–water partition coefficient (Wildman–Crippen LogP) is 4.49.